The number of β-amino-alcohol motifs (C(OH)–C–C–N with tert-alkyl or cyclic N) is 1. The third-order valence-corrected chi connectivity index (χ3v) is 4.71. The van der Waals surface area contributed by atoms with Crippen LogP contribution in [0.5, 0.6) is 0 Å². The topological polar surface area (TPSA) is 126 Å². The Hall–Kier alpha value is -3.30. The Balaban J connectivity index is 2.02. The fourth-order valence-electron chi connectivity index (χ4n) is 3.12. The summed E-state index contributed by atoms with van der Waals surface area (Å²) in [7, 11) is 0. The van der Waals surface area contributed by atoms with Crippen LogP contribution in [0.4, 0.5) is 5.82 Å². The number of aliphatic hydroxyl groups is 1. The molecule has 142 valence electrons. The number of hydrogen-bond donors (Lipinski definition) is 2. The van der Waals surface area contributed by atoms with E-state index in [9.17, 15) is 24.6 Å². The number of amides is 1. The molecule has 1 aliphatic heterocycles. The van der Waals surface area contributed by atoms with Crippen LogP contribution in [-0.4, -0.2) is 49.3 Å². The van der Waals surface area contributed by atoms with Gasteiger partial charge in [0, 0.05) is 12.4 Å². The molecule has 4 heterocycles. The van der Waals surface area contributed by atoms with Crippen LogP contribution in [0.3, 0.4) is 0 Å². The van der Waals surface area contributed by atoms with Crippen molar-refractivity contribution in [1.82, 2.24) is 14.5 Å². The van der Waals surface area contributed by atoms with Crippen LogP contribution in [0.15, 0.2) is 41.5 Å². The molecule has 28 heavy (non-hydrogen) atoms. The van der Waals surface area contributed by atoms with E-state index in [1.165, 1.54) is 27.8 Å². The van der Waals surface area contributed by atoms with Crippen molar-refractivity contribution in [3.8, 4) is 5.82 Å². The summed E-state index contributed by atoms with van der Waals surface area (Å²) in [5.74, 6) is -1.27. The van der Waals surface area contributed by atoms with Gasteiger partial charge in [-0.15, -0.1) is 0 Å². The SMILES string of the molecule is O=C(O)c1cn(-c2ncccc2Cl)c2nc(N3C[C@@H](O)CC3=O)ccc2c1=O. The van der Waals surface area contributed by atoms with Crippen molar-refractivity contribution in [3.63, 3.8) is 0 Å². The van der Waals surface area contributed by atoms with Crippen molar-refractivity contribution in [1.29, 1.82) is 0 Å². The lowest BCUT2D eigenvalue weighted by Crippen LogP contribution is -2.27. The molecule has 1 atom stereocenters. The second-order valence-corrected chi connectivity index (χ2v) is 6.67. The molecule has 0 saturated carbocycles. The van der Waals surface area contributed by atoms with Crippen LogP contribution in [0.25, 0.3) is 16.9 Å². The lowest BCUT2D eigenvalue weighted by atomic mass is 10.2. The first-order valence-electron chi connectivity index (χ1n) is 8.26. The van der Waals surface area contributed by atoms with Crippen LogP contribution >= 0.6 is 11.6 Å². The van der Waals surface area contributed by atoms with E-state index in [2.05, 4.69) is 9.97 Å². The molecule has 1 saturated heterocycles. The van der Waals surface area contributed by atoms with Crippen LogP contribution < -0.4 is 10.3 Å². The summed E-state index contributed by atoms with van der Waals surface area (Å²) in [6.45, 7) is 0.0825. The molecule has 2 N–H and O–H groups in total. The molecule has 3 aromatic heterocycles. The highest BCUT2D eigenvalue weighted by molar-refractivity contribution is 6.32. The minimum atomic E-state index is -1.39. The van der Waals surface area contributed by atoms with Gasteiger partial charge in [0.2, 0.25) is 11.3 Å². The maximum absolute atomic E-state index is 12.6. The number of carboxylic acids is 1. The van der Waals surface area contributed by atoms with Gasteiger partial charge in [0.15, 0.2) is 11.5 Å². The standard InChI is InChI=1S/C18H13ClN4O5/c19-12-2-1-5-20-17(12)23-8-11(18(27)28)15(26)10-3-4-13(21-16(10)23)22-7-9(24)6-14(22)25/h1-5,8-9,24H,6-7H2,(H,27,28)/t9-/m0/s1. The van der Waals surface area contributed by atoms with Crippen molar-refractivity contribution in [3.05, 3.63) is 57.5 Å². The molecule has 0 bridgehead atoms. The minimum Gasteiger partial charge on any atom is -0.477 e. The number of nitrogens with zero attached hydrogens (tertiary/aromatic N) is 4. The first kappa shape index (κ1) is 18.1. The highest BCUT2D eigenvalue weighted by Crippen LogP contribution is 2.25. The Kier molecular flexibility index (Phi) is 4.33. The summed E-state index contributed by atoms with van der Waals surface area (Å²) in [5.41, 5.74) is -1.07. The van der Waals surface area contributed by atoms with Crippen molar-refractivity contribution in [2.45, 2.75) is 12.5 Å². The number of halogens is 1. The monoisotopic (exact) mass is 400 g/mol. The van der Waals surface area contributed by atoms with Crippen molar-refractivity contribution >= 4 is 40.3 Å². The van der Waals surface area contributed by atoms with Crippen LogP contribution in [0.1, 0.15) is 16.8 Å². The number of hydrogen-bond acceptors (Lipinski definition) is 6. The maximum Gasteiger partial charge on any atom is 0.341 e. The second kappa shape index (κ2) is 6.70. The van der Waals surface area contributed by atoms with Crippen LogP contribution in [-0.2, 0) is 4.79 Å². The summed E-state index contributed by atoms with van der Waals surface area (Å²) < 4.78 is 1.31. The average molecular weight is 401 g/mol. The zero-order valence-electron chi connectivity index (χ0n) is 14.2. The van der Waals surface area contributed by atoms with Gasteiger partial charge >= 0.3 is 5.97 Å². The Labute approximate surface area is 162 Å². The summed E-state index contributed by atoms with van der Waals surface area (Å²) in [6.07, 6.45) is 1.76. The number of aromatic carboxylic acids is 1. The quantitative estimate of drug-likeness (QED) is 0.677. The Bertz CT molecular complexity index is 1190. The van der Waals surface area contributed by atoms with Crippen molar-refractivity contribution in [2.75, 3.05) is 11.4 Å². The number of carbonyl (C=O) groups excluding carboxylic acids is 1. The molecule has 1 aliphatic rings. The Morgan fingerprint density at radius 2 is 2.04 bits per heavy atom. The third-order valence-electron chi connectivity index (χ3n) is 4.41. The molecular formula is C18H13ClN4O5. The number of fused-ring (bicyclic) bond motifs is 1. The predicted octanol–water partition coefficient (Wildman–Crippen LogP) is 1.23. The highest BCUT2D eigenvalue weighted by Gasteiger charge is 2.30. The van der Waals surface area contributed by atoms with Gasteiger partial charge in [0.05, 0.1) is 29.5 Å². The smallest absolute Gasteiger partial charge is 0.341 e. The lowest BCUT2D eigenvalue weighted by Gasteiger charge is -2.17. The number of rotatable bonds is 3. The number of aliphatic hydroxyl groups excluding tert-OH is 1. The third kappa shape index (κ3) is 2.90. The van der Waals surface area contributed by atoms with Gasteiger partial charge in [-0.25, -0.2) is 14.8 Å². The van der Waals surface area contributed by atoms with Gasteiger partial charge in [-0.2, -0.15) is 0 Å². The maximum atomic E-state index is 12.6. The van der Waals surface area contributed by atoms with E-state index < -0.39 is 23.1 Å². The first-order valence-corrected chi connectivity index (χ1v) is 8.63. The van der Waals surface area contributed by atoms with Gasteiger partial charge in [-0.3, -0.25) is 19.1 Å². The van der Waals surface area contributed by atoms with E-state index in [1.807, 2.05) is 0 Å². The minimum absolute atomic E-state index is 0.0173. The molecule has 0 aromatic carbocycles. The number of carboxylic acid groups (broad SMARTS) is 1. The van der Waals surface area contributed by atoms with E-state index in [1.54, 1.807) is 12.1 Å². The summed E-state index contributed by atoms with van der Waals surface area (Å²) >= 11 is 6.21. The molecule has 4 rings (SSSR count). The number of carbonyl (C=O) groups is 2. The zero-order valence-corrected chi connectivity index (χ0v) is 15.0. The number of anilines is 1. The van der Waals surface area contributed by atoms with Gasteiger partial charge in [-0.1, -0.05) is 11.6 Å². The van der Waals surface area contributed by atoms with Gasteiger partial charge in [0.1, 0.15) is 11.4 Å². The molecule has 9 nitrogen and oxygen atoms in total. The van der Waals surface area contributed by atoms with Crippen molar-refractivity contribution < 1.29 is 19.8 Å². The van der Waals surface area contributed by atoms with Gasteiger partial charge in [0.25, 0.3) is 0 Å². The van der Waals surface area contributed by atoms with Crippen LogP contribution in [0, 0.1) is 0 Å². The molecule has 0 unspecified atom stereocenters. The zero-order chi connectivity index (χ0) is 20.0. The predicted molar refractivity (Wildman–Crippen MR) is 100 cm³/mol. The van der Waals surface area contributed by atoms with E-state index >= 15 is 0 Å². The molecule has 10 heteroatoms. The van der Waals surface area contributed by atoms with E-state index in [0.717, 1.165) is 6.20 Å². The average Bonchev–Trinajstić information content (AvgIpc) is 3.00. The van der Waals surface area contributed by atoms with Crippen LogP contribution in [0.2, 0.25) is 5.02 Å². The highest BCUT2D eigenvalue weighted by atomic mass is 35.5. The van der Waals surface area contributed by atoms with Gasteiger partial charge in [-0.05, 0) is 24.3 Å². The van der Waals surface area contributed by atoms with E-state index in [0.29, 0.717) is 0 Å². The first-order chi connectivity index (χ1) is 13.4. The fourth-order valence-corrected chi connectivity index (χ4v) is 3.33. The molecule has 0 aliphatic carbocycles. The summed E-state index contributed by atoms with van der Waals surface area (Å²) in [5, 5.41) is 19.4. The molecular weight excluding hydrogens is 388 g/mol. The molecule has 0 radical (unpaired) electrons. The molecule has 1 fully saturated rings. The summed E-state index contributed by atoms with van der Waals surface area (Å²) in [6, 6.07) is 6.02. The lowest BCUT2D eigenvalue weighted by molar-refractivity contribution is -0.117. The molecule has 0 spiro atoms. The van der Waals surface area contributed by atoms with Gasteiger partial charge < -0.3 is 10.2 Å². The second-order valence-electron chi connectivity index (χ2n) is 6.26. The molecule has 1 amide bonds. The van der Waals surface area contributed by atoms with E-state index in [-0.39, 0.29) is 46.6 Å². The van der Waals surface area contributed by atoms with E-state index in [4.69, 9.17) is 11.6 Å². The summed E-state index contributed by atoms with van der Waals surface area (Å²) in [4.78, 5) is 46.0. The number of pyridine rings is 3. The van der Waals surface area contributed by atoms with Crippen molar-refractivity contribution in [2.24, 2.45) is 0 Å². The fraction of sp³-hybridized carbons (Fsp3) is 0.167. The molecule has 3 aromatic rings. The normalized spacial score (nSPS) is 16.7. The number of aromatic nitrogens is 3. The Morgan fingerprint density at radius 1 is 1.25 bits per heavy atom. The Morgan fingerprint density at radius 3 is 2.68 bits per heavy atom. The largest absolute Gasteiger partial charge is 0.477 e.